The number of carbonyl (C=O) groups excluding carboxylic acids is 2. The lowest BCUT2D eigenvalue weighted by Crippen LogP contribution is -2.25. The van der Waals surface area contributed by atoms with Gasteiger partial charge in [-0.1, -0.05) is 23.7 Å². The van der Waals surface area contributed by atoms with Gasteiger partial charge in [-0.25, -0.2) is 4.79 Å². The summed E-state index contributed by atoms with van der Waals surface area (Å²) in [6, 6.07) is 9.14. The van der Waals surface area contributed by atoms with Crippen LogP contribution >= 0.6 is 11.6 Å². The molecule has 1 N–H and O–H groups in total. The number of hydrogen-bond acceptors (Lipinski definition) is 7. The quantitative estimate of drug-likeness (QED) is 0.402. The highest BCUT2D eigenvalue weighted by Gasteiger charge is 2.32. The zero-order valence-electron chi connectivity index (χ0n) is 16.3. The second-order valence-electron chi connectivity index (χ2n) is 7.20. The van der Waals surface area contributed by atoms with Crippen molar-refractivity contribution in [3.05, 3.63) is 57.1 Å². The van der Waals surface area contributed by atoms with Gasteiger partial charge in [0.1, 0.15) is 11.3 Å². The number of nitro benzene ring substituents is 1. The van der Waals surface area contributed by atoms with Gasteiger partial charge in [0.2, 0.25) is 0 Å². The summed E-state index contributed by atoms with van der Waals surface area (Å²) >= 11 is 5.80. The lowest BCUT2D eigenvalue weighted by molar-refractivity contribution is -0.383. The molecule has 9 nitrogen and oxygen atoms in total. The molecule has 1 aliphatic rings. The van der Waals surface area contributed by atoms with Crippen molar-refractivity contribution in [3.63, 3.8) is 0 Å². The third-order valence-corrected chi connectivity index (χ3v) is 4.43. The topological polar surface area (TPSA) is 117 Å². The number of ether oxygens (including phenoxy) is 3. The van der Waals surface area contributed by atoms with E-state index in [4.69, 9.17) is 25.8 Å². The average molecular weight is 435 g/mol. The molecule has 0 unspecified atom stereocenters. The molecule has 0 spiro atoms. The molecule has 0 saturated heterocycles. The number of halogens is 1. The van der Waals surface area contributed by atoms with Gasteiger partial charge in [-0.3, -0.25) is 14.9 Å². The van der Waals surface area contributed by atoms with E-state index in [2.05, 4.69) is 5.32 Å². The summed E-state index contributed by atoms with van der Waals surface area (Å²) in [7, 11) is 0. The summed E-state index contributed by atoms with van der Waals surface area (Å²) in [5.74, 6) is -0.532. The van der Waals surface area contributed by atoms with Crippen LogP contribution in [-0.4, -0.2) is 35.6 Å². The average Bonchev–Trinajstić information content (AvgIpc) is 2.98. The van der Waals surface area contributed by atoms with Crippen molar-refractivity contribution in [2.75, 3.05) is 18.5 Å². The molecule has 30 heavy (non-hydrogen) atoms. The highest BCUT2D eigenvalue weighted by molar-refractivity contribution is 6.31. The third-order valence-electron chi connectivity index (χ3n) is 4.19. The minimum atomic E-state index is -0.777. The Morgan fingerprint density at radius 1 is 1.27 bits per heavy atom. The minimum absolute atomic E-state index is 0.0931. The number of anilines is 1. The predicted octanol–water partition coefficient (Wildman–Crippen LogP) is 3.52. The van der Waals surface area contributed by atoms with Crippen LogP contribution < -0.4 is 14.8 Å². The van der Waals surface area contributed by atoms with E-state index in [1.807, 2.05) is 19.9 Å². The van der Waals surface area contributed by atoms with Crippen LogP contribution in [0, 0.1) is 10.1 Å². The Hall–Kier alpha value is -3.33. The predicted molar refractivity (Wildman–Crippen MR) is 108 cm³/mol. The first-order chi connectivity index (χ1) is 14.1. The number of fused-ring (bicyclic) bond motifs is 1. The van der Waals surface area contributed by atoms with Gasteiger partial charge in [-0.15, -0.1) is 0 Å². The molecule has 2 aromatic carbocycles. The van der Waals surface area contributed by atoms with Crippen LogP contribution in [0.15, 0.2) is 36.4 Å². The second-order valence-corrected chi connectivity index (χ2v) is 7.64. The number of esters is 1. The number of hydrogen-bond donors (Lipinski definition) is 1. The number of amides is 1. The summed E-state index contributed by atoms with van der Waals surface area (Å²) < 4.78 is 16.2. The molecule has 10 heteroatoms. The second kappa shape index (κ2) is 8.58. The van der Waals surface area contributed by atoms with Gasteiger partial charge in [-0.05, 0) is 32.0 Å². The first-order valence-corrected chi connectivity index (χ1v) is 9.35. The molecular weight excluding hydrogens is 416 g/mol. The van der Waals surface area contributed by atoms with E-state index in [9.17, 15) is 19.7 Å². The number of benzene rings is 2. The Kier molecular flexibility index (Phi) is 6.12. The van der Waals surface area contributed by atoms with Gasteiger partial charge >= 0.3 is 5.97 Å². The molecule has 0 saturated carbocycles. The fraction of sp³-hybridized carbons (Fsp3) is 0.300. The Bertz CT molecular complexity index is 1010. The van der Waals surface area contributed by atoms with Crippen molar-refractivity contribution in [1.29, 1.82) is 0 Å². The lowest BCUT2D eigenvalue weighted by Gasteiger charge is -2.18. The van der Waals surface area contributed by atoms with Crippen LogP contribution in [0.2, 0.25) is 5.02 Å². The van der Waals surface area contributed by atoms with E-state index in [-0.39, 0.29) is 22.0 Å². The molecule has 158 valence electrons. The molecule has 3 rings (SSSR count). The molecular formula is C20H19ClN2O7. The maximum absolute atomic E-state index is 12.0. The molecule has 1 amide bonds. The first kappa shape index (κ1) is 21.4. The molecule has 0 fully saturated rings. The van der Waals surface area contributed by atoms with E-state index in [1.165, 1.54) is 18.2 Å². The van der Waals surface area contributed by atoms with Crippen molar-refractivity contribution in [2.45, 2.75) is 25.9 Å². The Morgan fingerprint density at radius 3 is 2.77 bits per heavy atom. The fourth-order valence-electron chi connectivity index (χ4n) is 2.98. The van der Waals surface area contributed by atoms with Gasteiger partial charge in [0, 0.05) is 23.1 Å². The maximum atomic E-state index is 12.0. The smallest absolute Gasteiger partial charge is 0.344 e. The Labute approximate surface area is 177 Å². The zero-order chi connectivity index (χ0) is 21.9. The normalized spacial score (nSPS) is 13.7. The van der Waals surface area contributed by atoms with E-state index in [0.29, 0.717) is 11.5 Å². The molecule has 0 radical (unpaired) electrons. The van der Waals surface area contributed by atoms with Gasteiger partial charge in [-0.2, -0.15) is 0 Å². The SMILES string of the molecule is CC1(C)Cc2cccc(OCC(=O)OCC(=O)Nc3cc(Cl)ccc3[N+](=O)[O-])c2O1. The van der Waals surface area contributed by atoms with Gasteiger partial charge in [0.15, 0.2) is 24.7 Å². The first-order valence-electron chi connectivity index (χ1n) is 8.98. The summed E-state index contributed by atoms with van der Waals surface area (Å²) in [4.78, 5) is 34.3. The molecule has 0 bridgehead atoms. The van der Waals surface area contributed by atoms with Crippen molar-refractivity contribution in [2.24, 2.45) is 0 Å². The molecule has 0 aromatic heterocycles. The van der Waals surface area contributed by atoms with Crippen LogP contribution in [0.1, 0.15) is 19.4 Å². The van der Waals surface area contributed by atoms with Gasteiger partial charge in [0.05, 0.1) is 4.92 Å². The van der Waals surface area contributed by atoms with Crippen molar-refractivity contribution < 1.29 is 28.7 Å². The van der Waals surface area contributed by atoms with Crippen molar-refractivity contribution in [3.8, 4) is 11.5 Å². The lowest BCUT2D eigenvalue weighted by atomic mass is 10.0. The maximum Gasteiger partial charge on any atom is 0.344 e. The molecule has 0 atom stereocenters. The van der Waals surface area contributed by atoms with Gasteiger partial charge < -0.3 is 19.5 Å². The minimum Gasteiger partial charge on any atom is -0.483 e. The molecule has 1 heterocycles. The van der Waals surface area contributed by atoms with Crippen LogP contribution in [0.25, 0.3) is 0 Å². The van der Waals surface area contributed by atoms with E-state index in [1.54, 1.807) is 12.1 Å². The van der Waals surface area contributed by atoms with Crippen LogP contribution in [0.3, 0.4) is 0 Å². The van der Waals surface area contributed by atoms with E-state index >= 15 is 0 Å². The summed E-state index contributed by atoms with van der Waals surface area (Å²) in [5, 5.41) is 13.5. The van der Waals surface area contributed by atoms with Crippen LogP contribution in [0.5, 0.6) is 11.5 Å². The molecule has 2 aromatic rings. The third kappa shape index (κ3) is 5.18. The highest BCUT2D eigenvalue weighted by atomic mass is 35.5. The Morgan fingerprint density at radius 2 is 2.03 bits per heavy atom. The van der Waals surface area contributed by atoms with E-state index < -0.39 is 30.0 Å². The molecule has 0 aliphatic carbocycles. The van der Waals surface area contributed by atoms with Crippen molar-refractivity contribution in [1.82, 2.24) is 0 Å². The monoisotopic (exact) mass is 434 g/mol. The van der Waals surface area contributed by atoms with Gasteiger partial charge in [0.25, 0.3) is 11.6 Å². The van der Waals surface area contributed by atoms with Crippen LogP contribution in [0.4, 0.5) is 11.4 Å². The van der Waals surface area contributed by atoms with Crippen molar-refractivity contribution >= 4 is 34.9 Å². The molecule has 1 aliphatic heterocycles. The standard InChI is InChI=1S/C20H19ClN2O7/c1-20(2)9-12-4-3-5-16(19(12)30-20)28-11-18(25)29-10-17(24)22-14-8-13(21)6-7-15(14)23(26)27/h3-8H,9-11H2,1-2H3,(H,22,24). The largest absolute Gasteiger partial charge is 0.483 e. The Balaban J connectivity index is 1.52. The number of nitro groups is 1. The fourth-order valence-corrected chi connectivity index (χ4v) is 3.15. The zero-order valence-corrected chi connectivity index (χ0v) is 17.0. The number of rotatable bonds is 7. The summed E-state index contributed by atoms with van der Waals surface area (Å²) in [6.07, 6.45) is 0.722. The number of para-hydroxylation sites is 1. The van der Waals surface area contributed by atoms with Crippen LogP contribution in [-0.2, 0) is 20.7 Å². The highest BCUT2D eigenvalue weighted by Crippen LogP contribution is 2.41. The summed E-state index contributed by atoms with van der Waals surface area (Å²) in [6.45, 7) is 2.84. The number of nitrogens with one attached hydrogen (secondary N) is 1. The number of nitrogens with zero attached hydrogens (tertiary/aromatic N) is 1. The number of carbonyl (C=O) groups is 2. The van der Waals surface area contributed by atoms with E-state index in [0.717, 1.165) is 12.0 Å². The summed E-state index contributed by atoms with van der Waals surface area (Å²) in [5.41, 5.74) is 0.199.